The Balaban J connectivity index is 2.51. The second-order valence-electron chi connectivity index (χ2n) is 3.21. The Hall–Kier alpha value is -0.810. The predicted octanol–water partition coefficient (Wildman–Crippen LogP) is 0.247. The molecule has 0 bridgehead atoms. The summed E-state index contributed by atoms with van der Waals surface area (Å²) in [5.41, 5.74) is 2.31. The Morgan fingerprint density at radius 2 is 2.33 bits per heavy atom. The summed E-state index contributed by atoms with van der Waals surface area (Å²) in [7, 11) is 2.08. The molecule has 1 aliphatic heterocycles. The van der Waals surface area contributed by atoms with E-state index >= 15 is 0 Å². The molecule has 0 atom stereocenters. The molecule has 1 aromatic heterocycles. The third kappa shape index (κ3) is 1.05. The number of nitrogen functional groups attached to an aromatic ring is 1. The molecule has 2 heterocycles. The van der Waals surface area contributed by atoms with Gasteiger partial charge in [-0.2, -0.15) is 0 Å². The summed E-state index contributed by atoms with van der Waals surface area (Å²) < 4.78 is 2.19. The number of likely N-dealkylation sites (N-methyl/N-ethyl adjacent to an activating group) is 1. The standard InChI is InChI=1S/C7H12N4S/c1-10-3-2-5-6(4-10)11(8)7(12)9-5/h2-4,8H2,1H3,(H,9,12). The van der Waals surface area contributed by atoms with Crippen LogP contribution in [0.15, 0.2) is 0 Å². The fourth-order valence-electron chi connectivity index (χ4n) is 1.55. The molecule has 1 aliphatic rings. The maximum Gasteiger partial charge on any atom is 0.196 e. The Kier molecular flexibility index (Phi) is 1.69. The largest absolute Gasteiger partial charge is 0.337 e. The molecule has 5 heteroatoms. The second kappa shape index (κ2) is 2.60. The molecule has 0 unspecified atom stereocenters. The van der Waals surface area contributed by atoms with Crippen molar-refractivity contribution < 1.29 is 0 Å². The molecule has 0 aromatic carbocycles. The van der Waals surface area contributed by atoms with Gasteiger partial charge < -0.3 is 15.7 Å². The van der Waals surface area contributed by atoms with Crippen LogP contribution in [0.4, 0.5) is 0 Å². The van der Waals surface area contributed by atoms with Crippen LogP contribution in [0.1, 0.15) is 11.4 Å². The number of hydrogen-bond donors (Lipinski definition) is 2. The molecule has 0 amide bonds. The number of imidazole rings is 1. The first-order valence-corrected chi connectivity index (χ1v) is 4.35. The highest BCUT2D eigenvalue weighted by molar-refractivity contribution is 7.71. The van der Waals surface area contributed by atoms with E-state index in [4.69, 9.17) is 18.1 Å². The molecule has 0 spiro atoms. The van der Waals surface area contributed by atoms with Gasteiger partial charge in [-0.1, -0.05) is 0 Å². The fraction of sp³-hybridized carbons (Fsp3) is 0.571. The lowest BCUT2D eigenvalue weighted by Crippen LogP contribution is -2.29. The molecule has 0 aliphatic carbocycles. The van der Waals surface area contributed by atoms with Gasteiger partial charge in [-0.25, -0.2) is 4.68 Å². The number of aromatic amines is 1. The van der Waals surface area contributed by atoms with E-state index < -0.39 is 0 Å². The van der Waals surface area contributed by atoms with Gasteiger partial charge in [0.05, 0.1) is 5.69 Å². The van der Waals surface area contributed by atoms with Crippen LogP contribution in [-0.4, -0.2) is 28.2 Å². The minimum atomic E-state index is 0.621. The third-order valence-corrected chi connectivity index (χ3v) is 2.58. The fourth-order valence-corrected chi connectivity index (χ4v) is 1.78. The smallest absolute Gasteiger partial charge is 0.196 e. The maximum atomic E-state index is 5.74. The molecule has 1 aromatic rings. The van der Waals surface area contributed by atoms with Crippen molar-refractivity contribution in [3.05, 3.63) is 16.2 Å². The highest BCUT2D eigenvalue weighted by atomic mass is 32.1. The summed E-state index contributed by atoms with van der Waals surface area (Å²) >= 11 is 5.02. The van der Waals surface area contributed by atoms with E-state index in [9.17, 15) is 0 Å². The lowest BCUT2D eigenvalue weighted by Gasteiger charge is -2.22. The zero-order valence-corrected chi connectivity index (χ0v) is 7.82. The predicted molar refractivity (Wildman–Crippen MR) is 49.8 cm³/mol. The molecule has 4 nitrogen and oxygen atoms in total. The summed E-state index contributed by atoms with van der Waals surface area (Å²) in [6, 6.07) is 0. The normalized spacial score (nSPS) is 17.8. The van der Waals surface area contributed by atoms with Crippen LogP contribution in [-0.2, 0) is 13.0 Å². The highest BCUT2D eigenvalue weighted by Crippen LogP contribution is 2.15. The Labute approximate surface area is 76.0 Å². The van der Waals surface area contributed by atoms with Gasteiger partial charge in [0.1, 0.15) is 0 Å². The SMILES string of the molecule is CN1CCc2[nH]c(=S)n(N)c2C1. The van der Waals surface area contributed by atoms with E-state index in [-0.39, 0.29) is 0 Å². The highest BCUT2D eigenvalue weighted by Gasteiger charge is 2.17. The van der Waals surface area contributed by atoms with E-state index in [1.54, 1.807) is 4.68 Å². The lowest BCUT2D eigenvalue weighted by atomic mass is 10.1. The van der Waals surface area contributed by atoms with Crippen molar-refractivity contribution in [3.8, 4) is 0 Å². The number of nitrogens with two attached hydrogens (primary N) is 1. The van der Waals surface area contributed by atoms with Crippen molar-refractivity contribution in [1.82, 2.24) is 14.6 Å². The van der Waals surface area contributed by atoms with Crippen molar-refractivity contribution in [2.45, 2.75) is 13.0 Å². The summed E-state index contributed by atoms with van der Waals surface area (Å²) in [5.74, 6) is 5.74. The quantitative estimate of drug-likeness (QED) is 0.449. The number of nitrogens with one attached hydrogen (secondary N) is 1. The maximum absolute atomic E-state index is 5.74. The molecule has 2 rings (SSSR count). The minimum Gasteiger partial charge on any atom is -0.337 e. The first-order chi connectivity index (χ1) is 5.68. The van der Waals surface area contributed by atoms with Crippen LogP contribution in [0.25, 0.3) is 0 Å². The van der Waals surface area contributed by atoms with Gasteiger partial charge in [-0.05, 0) is 19.3 Å². The van der Waals surface area contributed by atoms with Crippen molar-refractivity contribution in [3.63, 3.8) is 0 Å². The van der Waals surface area contributed by atoms with E-state index in [1.165, 1.54) is 5.69 Å². The first-order valence-electron chi connectivity index (χ1n) is 3.95. The average molecular weight is 184 g/mol. The summed E-state index contributed by atoms with van der Waals surface area (Å²) in [6.45, 7) is 1.96. The van der Waals surface area contributed by atoms with Crippen LogP contribution in [0, 0.1) is 4.77 Å². The van der Waals surface area contributed by atoms with Gasteiger partial charge in [0, 0.05) is 25.2 Å². The number of nitrogens with zero attached hydrogens (tertiary/aromatic N) is 2. The van der Waals surface area contributed by atoms with Crippen LogP contribution in [0.2, 0.25) is 0 Å². The Bertz CT molecular complexity index is 351. The van der Waals surface area contributed by atoms with E-state index in [0.717, 1.165) is 25.2 Å². The van der Waals surface area contributed by atoms with E-state index in [1.807, 2.05) is 0 Å². The molecule has 12 heavy (non-hydrogen) atoms. The summed E-state index contributed by atoms with van der Waals surface area (Å²) in [6.07, 6.45) is 1.01. The number of hydrogen-bond acceptors (Lipinski definition) is 3. The Morgan fingerprint density at radius 3 is 3.08 bits per heavy atom. The number of H-pyrrole nitrogens is 1. The molecule has 0 saturated carbocycles. The van der Waals surface area contributed by atoms with Crippen molar-refractivity contribution in [2.24, 2.45) is 0 Å². The van der Waals surface area contributed by atoms with Gasteiger partial charge >= 0.3 is 0 Å². The Morgan fingerprint density at radius 1 is 1.58 bits per heavy atom. The van der Waals surface area contributed by atoms with Crippen molar-refractivity contribution >= 4 is 12.2 Å². The molecule has 3 N–H and O–H groups in total. The van der Waals surface area contributed by atoms with Crippen LogP contribution in [0.3, 0.4) is 0 Å². The van der Waals surface area contributed by atoms with Gasteiger partial charge in [-0.15, -0.1) is 0 Å². The molecule has 0 radical (unpaired) electrons. The molecule has 66 valence electrons. The topological polar surface area (TPSA) is 50.0 Å². The van der Waals surface area contributed by atoms with Crippen LogP contribution in [0.5, 0.6) is 0 Å². The molecular formula is C7H12N4S. The van der Waals surface area contributed by atoms with Gasteiger partial charge in [0.2, 0.25) is 0 Å². The third-order valence-electron chi connectivity index (χ3n) is 2.28. The monoisotopic (exact) mass is 184 g/mol. The minimum absolute atomic E-state index is 0.621. The summed E-state index contributed by atoms with van der Waals surface area (Å²) in [5, 5.41) is 0. The number of fused-ring (bicyclic) bond motifs is 1. The molecule has 0 saturated heterocycles. The number of aromatic nitrogens is 2. The zero-order valence-electron chi connectivity index (χ0n) is 7.00. The van der Waals surface area contributed by atoms with Crippen molar-refractivity contribution in [2.75, 3.05) is 19.4 Å². The van der Waals surface area contributed by atoms with Gasteiger partial charge in [0.25, 0.3) is 0 Å². The van der Waals surface area contributed by atoms with Crippen molar-refractivity contribution in [1.29, 1.82) is 0 Å². The van der Waals surface area contributed by atoms with Gasteiger partial charge in [-0.3, -0.25) is 0 Å². The first kappa shape index (κ1) is 7.82. The average Bonchev–Trinajstić information content (AvgIpc) is 2.31. The number of rotatable bonds is 0. The molecular weight excluding hydrogens is 172 g/mol. The van der Waals surface area contributed by atoms with Crippen LogP contribution >= 0.6 is 12.2 Å². The summed E-state index contributed by atoms with van der Waals surface area (Å²) in [4.78, 5) is 5.34. The van der Waals surface area contributed by atoms with E-state index in [0.29, 0.717) is 4.77 Å². The van der Waals surface area contributed by atoms with Gasteiger partial charge in [0.15, 0.2) is 4.77 Å². The molecule has 0 fully saturated rings. The zero-order chi connectivity index (χ0) is 8.72. The lowest BCUT2D eigenvalue weighted by molar-refractivity contribution is 0.304. The second-order valence-corrected chi connectivity index (χ2v) is 3.60. The van der Waals surface area contributed by atoms with Crippen LogP contribution < -0.4 is 5.84 Å². The van der Waals surface area contributed by atoms with E-state index in [2.05, 4.69) is 16.9 Å².